The molecule has 0 aliphatic heterocycles. The van der Waals surface area contributed by atoms with Gasteiger partial charge in [0, 0.05) is 34.5 Å². The van der Waals surface area contributed by atoms with E-state index in [1.165, 1.54) is 0 Å². The lowest BCUT2D eigenvalue weighted by Crippen LogP contribution is -2.10. The molecule has 0 radical (unpaired) electrons. The molecule has 0 aliphatic carbocycles. The first kappa shape index (κ1) is 12.4. The molecule has 1 aromatic carbocycles. The number of alkyl halides is 3. The SMILES string of the molecule is FC(F)(I)OCc1cn(-c2ccccc2)cn1. The van der Waals surface area contributed by atoms with Crippen LogP contribution in [0.5, 0.6) is 0 Å². The van der Waals surface area contributed by atoms with Gasteiger partial charge in [0.1, 0.15) is 0 Å². The van der Waals surface area contributed by atoms with E-state index in [4.69, 9.17) is 0 Å². The van der Waals surface area contributed by atoms with Crippen LogP contribution >= 0.6 is 22.6 Å². The van der Waals surface area contributed by atoms with Crippen LogP contribution in [0.2, 0.25) is 0 Å². The van der Waals surface area contributed by atoms with Crippen LogP contribution in [0.15, 0.2) is 42.9 Å². The van der Waals surface area contributed by atoms with Crippen molar-refractivity contribution >= 4 is 22.6 Å². The molecule has 0 aliphatic rings. The first-order valence-corrected chi connectivity index (χ1v) is 5.91. The highest BCUT2D eigenvalue weighted by Crippen LogP contribution is 2.25. The highest BCUT2D eigenvalue weighted by Gasteiger charge is 2.24. The predicted octanol–water partition coefficient (Wildman–Crippen LogP) is 3.37. The van der Waals surface area contributed by atoms with Gasteiger partial charge in [-0.1, -0.05) is 18.2 Å². The van der Waals surface area contributed by atoms with Gasteiger partial charge in [-0.15, -0.1) is 0 Å². The second-order valence-corrected chi connectivity index (χ2v) is 4.60. The summed E-state index contributed by atoms with van der Waals surface area (Å²) in [6, 6.07) is 9.49. The Morgan fingerprint density at radius 3 is 2.65 bits per heavy atom. The zero-order valence-electron chi connectivity index (χ0n) is 8.69. The highest BCUT2D eigenvalue weighted by molar-refractivity contribution is 14.1. The summed E-state index contributed by atoms with van der Waals surface area (Å²) in [5.41, 5.74) is 1.39. The van der Waals surface area contributed by atoms with E-state index < -0.39 is 4.12 Å². The van der Waals surface area contributed by atoms with Crippen molar-refractivity contribution in [1.29, 1.82) is 0 Å². The van der Waals surface area contributed by atoms with Crippen molar-refractivity contribution in [1.82, 2.24) is 9.55 Å². The third-order valence-electron chi connectivity index (χ3n) is 2.07. The van der Waals surface area contributed by atoms with E-state index in [2.05, 4.69) is 9.72 Å². The van der Waals surface area contributed by atoms with E-state index in [0.29, 0.717) is 5.69 Å². The molecule has 0 saturated heterocycles. The minimum absolute atomic E-state index is 0.213. The van der Waals surface area contributed by atoms with Crippen molar-refractivity contribution in [3.8, 4) is 5.69 Å². The summed E-state index contributed by atoms with van der Waals surface area (Å²) in [5, 5.41) is 0. The Balaban J connectivity index is 2.07. The molecule has 2 rings (SSSR count). The minimum Gasteiger partial charge on any atom is -0.306 e. The van der Waals surface area contributed by atoms with Crippen molar-refractivity contribution in [2.45, 2.75) is 10.7 Å². The molecule has 0 amide bonds. The number of para-hydroxylation sites is 1. The van der Waals surface area contributed by atoms with Gasteiger partial charge in [0.15, 0.2) is 0 Å². The lowest BCUT2D eigenvalue weighted by Gasteiger charge is -2.07. The predicted molar refractivity (Wildman–Crippen MR) is 67.3 cm³/mol. The van der Waals surface area contributed by atoms with Crippen LogP contribution < -0.4 is 0 Å². The number of hydrogen-bond donors (Lipinski definition) is 0. The number of hydrogen-bond acceptors (Lipinski definition) is 2. The van der Waals surface area contributed by atoms with E-state index in [9.17, 15) is 8.78 Å². The smallest absolute Gasteiger partial charge is 0.306 e. The maximum absolute atomic E-state index is 12.5. The minimum atomic E-state index is -3.16. The highest BCUT2D eigenvalue weighted by atomic mass is 127. The van der Waals surface area contributed by atoms with Gasteiger partial charge in [-0.25, -0.2) is 4.98 Å². The van der Waals surface area contributed by atoms with Crippen molar-refractivity contribution in [2.75, 3.05) is 0 Å². The third-order valence-corrected chi connectivity index (χ3v) is 2.39. The van der Waals surface area contributed by atoms with E-state index in [-0.39, 0.29) is 6.61 Å². The molecule has 1 aromatic heterocycles. The van der Waals surface area contributed by atoms with Crippen LogP contribution in [0.3, 0.4) is 0 Å². The molecule has 1 heterocycles. The molecule has 0 saturated carbocycles. The van der Waals surface area contributed by atoms with E-state index in [1.807, 2.05) is 30.3 Å². The Kier molecular flexibility index (Phi) is 3.72. The van der Waals surface area contributed by atoms with Crippen LogP contribution in [0.25, 0.3) is 5.69 Å². The van der Waals surface area contributed by atoms with Crippen molar-refractivity contribution < 1.29 is 13.5 Å². The number of rotatable bonds is 4. The molecular weight excluding hydrogens is 341 g/mol. The summed E-state index contributed by atoms with van der Waals surface area (Å²) in [4.78, 5) is 4.00. The van der Waals surface area contributed by atoms with Crippen molar-refractivity contribution in [3.63, 3.8) is 0 Å². The number of ether oxygens (including phenoxy) is 1. The van der Waals surface area contributed by atoms with Gasteiger partial charge in [-0.2, -0.15) is 8.78 Å². The molecule has 3 nitrogen and oxygen atoms in total. The summed E-state index contributed by atoms with van der Waals surface area (Å²) in [6.45, 7) is -0.213. The third kappa shape index (κ3) is 3.74. The second-order valence-electron chi connectivity index (χ2n) is 3.34. The second kappa shape index (κ2) is 5.09. The fourth-order valence-corrected chi connectivity index (χ4v) is 1.49. The zero-order valence-corrected chi connectivity index (χ0v) is 10.8. The lowest BCUT2D eigenvalue weighted by molar-refractivity contribution is -0.154. The number of benzene rings is 1. The first-order chi connectivity index (χ1) is 8.04. The van der Waals surface area contributed by atoms with Gasteiger partial charge in [0.2, 0.25) is 0 Å². The van der Waals surface area contributed by atoms with Crippen LogP contribution in [-0.4, -0.2) is 13.7 Å². The number of aromatic nitrogens is 2. The largest absolute Gasteiger partial charge is 0.408 e. The zero-order chi connectivity index (χ0) is 12.3. The van der Waals surface area contributed by atoms with Gasteiger partial charge < -0.3 is 9.30 Å². The quantitative estimate of drug-likeness (QED) is 0.625. The topological polar surface area (TPSA) is 27.1 Å². The van der Waals surface area contributed by atoms with Crippen LogP contribution in [-0.2, 0) is 11.3 Å². The average molecular weight is 350 g/mol. The Bertz CT molecular complexity index is 482. The maximum Gasteiger partial charge on any atom is 0.408 e. The fraction of sp³-hybridized carbons (Fsp3) is 0.182. The molecule has 2 aromatic rings. The summed E-state index contributed by atoms with van der Waals surface area (Å²) in [7, 11) is 0. The molecule has 0 fully saturated rings. The molecule has 0 atom stereocenters. The van der Waals surface area contributed by atoms with Crippen LogP contribution in [0, 0.1) is 0 Å². The number of halogens is 3. The Morgan fingerprint density at radius 1 is 1.29 bits per heavy atom. The number of nitrogens with zero attached hydrogens (tertiary/aromatic N) is 2. The van der Waals surface area contributed by atoms with Gasteiger partial charge in [0.25, 0.3) is 0 Å². The van der Waals surface area contributed by atoms with E-state index in [1.54, 1.807) is 17.1 Å². The van der Waals surface area contributed by atoms with Crippen molar-refractivity contribution in [3.05, 3.63) is 48.5 Å². The van der Waals surface area contributed by atoms with Crippen LogP contribution in [0.1, 0.15) is 5.69 Å². The summed E-state index contributed by atoms with van der Waals surface area (Å²) in [5.74, 6) is 0. The van der Waals surface area contributed by atoms with Gasteiger partial charge in [-0.3, -0.25) is 0 Å². The summed E-state index contributed by atoms with van der Waals surface area (Å²) >= 11 is 0.932. The van der Waals surface area contributed by atoms with Gasteiger partial charge in [-0.05, 0) is 12.1 Å². The summed E-state index contributed by atoms with van der Waals surface area (Å²) in [6.07, 6.45) is 3.23. The monoisotopic (exact) mass is 350 g/mol. The van der Waals surface area contributed by atoms with Crippen molar-refractivity contribution in [2.24, 2.45) is 0 Å². The Labute approximate surface area is 111 Å². The first-order valence-electron chi connectivity index (χ1n) is 4.83. The molecule has 90 valence electrons. The van der Waals surface area contributed by atoms with Crippen LogP contribution in [0.4, 0.5) is 8.78 Å². The number of imidazole rings is 1. The molecule has 0 bridgehead atoms. The molecule has 17 heavy (non-hydrogen) atoms. The van der Waals surface area contributed by atoms with E-state index in [0.717, 1.165) is 28.3 Å². The van der Waals surface area contributed by atoms with Gasteiger partial charge in [0.05, 0.1) is 18.6 Å². The normalized spacial score (nSPS) is 11.7. The maximum atomic E-state index is 12.5. The van der Waals surface area contributed by atoms with Gasteiger partial charge >= 0.3 is 4.12 Å². The fourth-order valence-electron chi connectivity index (χ4n) is 1.34. The van der Waals surface area contributed by atoms with E-state index >= 15 is 0 Å². The molecular formula is C11H9F2IN2O. The lowest BCUT2D eigenvalue weighted by atomic mass is 10.3. The molecule has 6 heteroatoms. The molecule has 0 unspecified atom stereocenters. The Morgan fingerprint density at radius 2 is 2.00 bits per heavy atom. The standard InChI is InChI=1S/C11H9F2IN2O/c12-11(13,14)17-7-9-6-16(8-15-9)10-4-2-1-3-5-10/h1-6,8H,7H2. The molecule has 0 spiro atoms. The summed E-state index contributed by atoms with van der Waals surface area (Å²) < 4.78 is 27.9. The molecule has 0 N–H and O–H groups in total. The average Bonchev–Trinajstić information content (AvgIpc) is 2.75. The Hall–Kier alpha value is -1.02.